The van der Waals surface area contributed by atoms with Gasteiger partial charge in [-0.3, -0.25) is 4.79 Å². The molecular formula is C8H4Br3FO. The van der Waals surface area contributed by atoms with E-state index in [0.29, 0.717) is 4.47 Å². The van der Waals surface area contributed by atoms with Crippen molar-refractivity contribution in [2.24, 2.45) is 0 Å². The van der Waals surface area contributed by atoms with Gasteiger partial charge in [-0.2, -0.15) is 0 Å². The van der Waals surface area contributed by atoms with Crippen molar-refractivity contribution < 1.29 is 9.18 Å². The highest BCUT2D eigenvalue weighted by Crippen LogP contribution is 2.28. The predicted octanol–water partition coefficient (Wildman–Crippen LogP) is 3.93. The lowest BCUT2D eigenvalue weighted by atomic mass is 10.1. The van der Waals surface area contributed by atoms with E-state index < -0.39 is 5.82 Å². The highest BCUT2D eigenvalue weighted by molar-refractivity contribution is 9.13. The standard InChI is InChI=1S/C8H4Br3FO/c9-3-6(13)4-1-2-5(10)7(11)8(4)12/h1-2H,3H2. The molecule has 0 spiro atoms. The summed E-state index contributed by atoms with van der Waals surface area (Å²) >= 11 is 9.16. The quantitative estimate of drug-likeness (QED) is 0.435. The zero-order valence-corrected chi connectivity index (χ0v) is 11.0. The summed E-state index contributed by atoms with van der Waals surface area (Å²) in [6.45, 7) is 0. The van der Waals surface area contributed by atoms with E-state index in [-0.39, 0.29) is 21.1 Å². The van der Waals surface area contributed by atoms with Gasteiger partial charge in [0.1, 0.15) is 5.82 Å². The Kier molecular flexibility index (Phi) is 4.06. The van der Waals surface area contributed by atoms with E-state index in [2.05, 4.69) is 47.8 Å². The predicted molar refractivity (Wildman–Crippen MR) is 59.9 cm³/mol. The molecule has 0 atom stereocenters. The van der Waals surface area contributed by atoms with Gasteiger partial charge in [-0.05, 0) is 44.0 Å². The van der Waals surface area contributed by atoms with Gasteiger partial charge >= 0.3 is 0 Å². The van der Waals surface area contributed by atoms with Crippen LogP contribution in [0, 0.1) is 5.82 Å². The van der Waals surface area contributed by atoms with Crippen LogP contribution in [0.2, 0.25) is 0 Å². The number of hydrogen-bond acceptors (Lipinski definition) is 1. The summed E-state index contributed by atoms with van der Waals surface area (Å²) < 4.78 is 14.3. The molecule has 0 aliphatic carbocycles. The second-order valence-electron chi connectivity index (χ2n) is 2.28. The molecule has 0 amide bonds. The molecular weight excluding hydrogens is 371 g/mol. The Bertz CT molecular complexity index is 351. The summed E-state index contributed by atoms with van der Waals surface area (Å²) in [6, 6.07) is 3.08. The van der Waals surface area contributed by atoms with Gasteiger partial charge in [-0.15, -0.1) is 0 Å². The summed E-state index contributed by atoms with van der Waals surface area (Å²) in [5, 5.41) is 0.123. The third-order valence-corrected chi connectivity index (χ3v) is 3.93. The van der Waals surface area contributed by atoms with Gasteiger partial charge < -0.3 is 0 Å². The molecule has 0 saturated heterocycles. The number of halogens is 4. The summed E-state index contributed by atoms with van der Waals surface area (Å²) in [5.41, 5.74) is 0.0898. The Morgan fingerprint density at radius 3 is 2.54 bits per heavy atom. The highest BCUT2D eigenvalue weighted by atomic mass is 79.9. The Morgan fingerprint density at radius 1 is 1.38 bits per heavy atom. The minimum absolute atomic E-state index is 0.0898. The number of alkyl halides is 1. The van der Waals surface area contributed by atoms with Crippen molar-refractivity contribution in [3.8, 4) is 0 Å². The molecule has 0 heterocycles. The lowest BCUT2D eigenvalue weighted by Gasteiger charge is -2.03. The summed E-state index contributed by atoms with van der Waals surface area (Å²) in [4.78, 5) is 11.2. The molecule has 1 nitrogen and oxygen atoms in total. The fourth-order valence-corrected chi connectivity index (χ4v) is 1.77. The van der Waals surface area contributed by atoms with Crippen LogP contribution in [0.15, 0.2) is 21.1 Å². The van der Waals surface area contributed by atoms with Crippen molar-refractivity contribution in [3.05, 3.63) is 32.5 Å². The fraction of sp³-hybridized carbons (Fsp3) is 0.125. The minimum atomic E-state index is -0.529. The first-order valence-corrected chi connectivity index (χ1v) is 6.01. The molecule has 0 fully saturated rings. The Morgan fingerprint density at radius 2 is 2.00 bits per heavy atom. The van der Waals surface area contributed by atoms with E-state index in [9.17, 15) is 9.18 Å². The fourth-order valence-electron chi connectivity index (χ4n) is 0.813. The van der Waals surface area contributed by atoms with Crippen LogP contribution in [-0.4, -0.2) is 11.1 Å². The van der Waals surface area contributed by atoms with Gasteiger partial charge in [-0.25, -0.2) is 4.39 Å². The average molecular weight is 375 g/mol. The molecule has 0 bridgehead atoms. The van der Waals surface area contributed by atoms with E-state index in [1.54, 1.807) is 6.07 Å². The molecule has 0 aliphatic rings. The first kappa shape index (κ1) is 11.3. The number of carbonyl (C=O) groups is 1. The number of ketones is 1. The van der Waals surface area contributed by atoms with Crippen LogP contribution in [0.25, 0.3) is 0 Å². The van der Waals surface area contributed by atoms with Crippen molar-refractivity contribution in [1.29, 1.82) is 0 Å². The average Bonchev–Trinajstić information content (AvgIpc) is 2.13. The van der Waals surface area contributed by atoms with Gasteiger partial charge in [0.2, 0.25) is 0 Å². The Hall–Kier alpha value is 0.260. The molecule has 0 aromatic heterocycles. The first-order chi connectivity index (χ1) is 6.07. The molecule has 5 heteroatoms. The van der Waals surface area contributed by atoms with Crippen LogP contribution >= 0.6 is 47.8 Å². The molecule has 1 aromatic rings. The maximum atomic E-state index is 13.4. The number of carbonyl (C=O) groups excluding carboxylic acids is 1. The van der Waals surface area contributed by atoms with Gasteiger partial charge in [0.25, 0.3) is 0 Å². The van der Waals surface area contributed by atoms with Crippen LogP contribution < -0.4 is 0 Å². The molecule has 0 unspecified atom stereocenters. The van der Waals surface area contributed by atoms with Gasteiger partial charge in [0, 0.05) is 4.47 Å². The third-order valence-electron chi connectivity index (χ3n) is 1.46. The summed E-state index contributed by atoms with van der Waals surface area (Å²) in [7, 11) is 0. The van der Waals surface area contributed by atoms with E-state index in [1.165, 1.54) is 6.07 Å². The van der Waals surface area contributed by atoms with E-state index in [4.69, 9.17) is 0 Å². The highest BCUT2D eigenvalue weighted by Gasteiger charge is 2.14. The molecule has 70 valence electrons. The van der Waals surface area contributed by atoms with Gasteiger partial charge in [-0.1, -0.05) is 15.9 Å². The van der Waals surface area contributed by atoms with Crippen molar-refractivity contribution in [2.45, 2.75) is 0 Å². The molecule has 1 rings (SSSR count). The molecule has 0 N–H and O–H groups in total. The number of rotatable bonds is 2. The lowest BCUT2D eigenvalue weighted by Crippen LogP contribution is -2.03. The van der Waals surface area contributed by atoms with E-state index in [1.807, 2.05) is 0 Å². The Labute approximate surface area is 100 Å². The Balaban J connectivity index is 3.26. The van der Waals surface area contributed by atoms with Gasteiger partial charge in [0.05, 0.1) is 15.4 Å². The first-order valence-electron chi connectivity index (χ1n) is 3.30. The maximum absolute atomic E-state index is 13.4. The summed E-state index contributed by atoms with van der Waals surface area (Å²) in [6.07, 6.45) is 0. The topological polar surface area (TPSA) is 17.1 Å². The lowest BCUT2D eigenvalue weighted by molar-refractivity contribution is 0.102. The SMILES string of the molecule is O=C(CBr)c1ccc(Br)c(Br)c1F. The van der Waals surface area contributed by atoms with Gasteiger partial charge in [0.15, 0.2) is 5.78 Å². The number of benzene rings is 1. The van der Waals surface area contributed by atoms with Crippen molar-refractivity contribution in [2.75, 3.05) is 5.33 Å². The second kappa shape index (κ2) is 4.66. The molecule has 13 heavy (non-hydrogen) atoms. The van der Waals surface area contributed by atoms with Crippen molar-refractivity contribution in [1.82, 2.24) is 0 Å². The maximum Gasteiger partial charge on any atom is 0.176 e. The van der Waals surface area contributed by atoms with Crippen molar-refractivity contribution in [3.63, 3.8) is 0 Å². The van der Waals surface area contributed by atoms with Crippen LogP contribution in [0.5, 0.6) is 0 Å². The van der Waals surface area contributed by atoms with E-state index >= 15 is 0 Å². The smallest absolute Gasteiger partial charge is 0.176 e. The summed E-state index contributed by atoms with van der Waals surface area (Å²) in [5.74, 6) is -0.801. The zero-order chi connectivity index (χ0) is 10.0. The zero-order valence-electron chi connectivity index (χ0n) is 6.28. The molecule has 0 saturated carbocycles. The van der Waals surface area contributed by atoms with Crippen LogP contribution in [0.3, 0.4) is 0 Å². The molecule has 1 aromatic carbocycles. The number of hydrogen-bond donors (Lipinski definition) is 0. The molecule has 0 radical (unpaired) electrons. The molecule has 0 aliphatic heterocycles. The second-order valence-corrected chi connectivity index (χ2v) is 4.49. The van der Waals surface area contributed by atoms with E-state index in [0.717, 1.165) is 0 Å². The van der Waals surface area contributed by atoms with Crippen LogP contribution in [0.1, 0.15) is 10.4 Å². The van der Waals surface area contributed by atoms with Crippen LogP contribution in [-0.2, 0) is 0 Å². The number of Topliss-reactive ketones (excluding diaryl/α,β-unsaturated/α-hetero) is 1. The normalized spacial score (nSPS) is 10.2. The monoisotopic (exact) mass is 372 g/mol. The minimum Gasteiger partial charge on any atom is -0.293 e. The largest absolute Gasteiger partial charge is 0.293 e. The van der Waals surface area contributed by atoms with Crippen LogP contribution in [0.4, 0.5) is 4.39 Å². The van der Waals surface area contributed by atoms with Crippen molar-refractivity contribution >= 4 is 53.6 Å². The third kappa shape index (κ3) is 2.39.